The van der Waals surface area contributed by atoms with Gasteiger partial charge in [-0.15, -0.1) is 0 Å². The number of aryl methyl sites for hydroxylation is 1. The Morgan fingerprint density at radius 3 is 2.56 bits per heavy atom. The molecule has 160 valence electrons. The molecule has 6 nitrogen and oxygen atoms in total. The Balaban J connectivity index is 1.63. The summed E-state index contributed by atoms with van der Waals surface area (Å²) in [5.74, 6) is -0.580. The third-order valence-electron chi connectivity index (χ3n) is 4.64. The summed E-state index contributed by atoms with van der Waals surface area (Å²) in [5.41, 5.74) is 2.67. The van der Waals surface area contributed by atoms with Crippen molar-refractivity contribution in [1.82, 2.24) is 0 Å². The minimum Gasteiger partial charge on any atom is -0.493 e. The molecule has 0 spiro atoms. The molecule has 0 saturated carbocycles. The van der Waals surface area contributed by atoms with Crippen molar-refractivity contribution < 1.29 is 23.8 Å². The second kappa shape index (κ2) is 9.08. The first-order valence-corrected chi connectivity index (χ1v) is 10.1. The fraction of sp³-hybridized carbons (Fsp3) is 0.0800. The maximum absolute atomic E-state index is 12.5. The highest BCUT2D eigenvalue weighted by Gasteiger charge is 2.24. The summed E-state index contributed by atoms with van der Waals surface area (Å²) in [6.45, 7) is 1.88. The SMILES string of the molecule is COc1cc(/C=C2\N=C(c3ccccc3)OC2=O)cc(Cl)c1OC(=O)c1cccc(C)c1. The Morgan fingerprint density at radius 1 is 1.06 bits per heavy atom. The van der Waals surface area contributed by atoms with Crippen LogP contribution in [0.3, 0.4) is 0 Å². The molecular formula is C25H18ClNO5. The average Bonchev–Trinajstić information content (AvgIpc) is 3.16. The zero-order chi connectivity index (χ0) is 22.7. The van der Waals surface area contributed by atoms with Gasteiger partial charge in [0.25, 0.3) is 0 Å². The molecule has 7 heteroatoms. The first-order valence-electron chi connectivity index (χ1n) is 9.69. The number of nitrogens with zero attached hydrogens (tertiary/aromatic N) is 1. The van der Waals surface area contributed by atoms with Gasteiger partial charge in [0.05, 0.1) is 17.7 Å². The molecule has 1 aliphatic rings. The van der Waals surface area contributed by atoms with Crippen LogP contribution in [0.1, 0.15) is 27.0 Å². The van der Waals surface area contributed by atoms with Gasteiger partial charge in [0.15, 0.2) is 17.2 Å². The van der Waals surface area contributed by atoms with E-state index in [4.69, 9.17) is 25.8 Å². The monoisotopic (exact) mass is 447 g/mol. The van der Waals surface area contributed by atoms with Gasteiger partial charge in [-0.2, -0.15) is 0 Å². The summed E-state index contributed by atoms with van der Waals surface area (Å²) in [7, 11) is 1.43. The second-order valence-electron chi connectivity index (χ2n) is 7.00. The molecular weight excluding hydrogens is 430 g/mol. The highest BCUT2D eigenvalue weighted by molar-refractivity contribution is 6.32. The van der Waals surface area contributed by atoms with Crippen molar-refractivity contribution in [2.45, 2.75) is 6.92 Å². The third kappa shape index (κ3) is 4.55. The van der Waals surface area contributed by atoms with E-state index in [1.807, 2.05) is 31.2 Å². The number of cyclic esters (lactones) is 1. The number of esters is 2. The Hall–Kier alpha value is -3.90. The fourth-order valence-electron chi connectivity index (χ4n) is 3.12. The molecule has 0 amide bonds. The Labute approximate surface area is 189 Å². The van der Waals surface area contributed by atoms with Crippen molar-refractivity contribution in [1.29, 1.82) is 0 Å². The van der Waals surface area contributed by atoms with Crippen molar-refractivity contribution in [2.24, 2.45) is 4.99 Å². The summed E-state index contributed by atoms with van der Waals surface area (Å²) in [6, 6.07) is 19.3. The Kier molecular flexibility index (Phi) is 6.05. The van der Waals surface area contributed by atoms with Gasteiger partial charge in [0, 0.05) is 5.56 Å². The lowest BCUT2D eigenvalue weighted by molar-refractivity contribution is -0.129. The van der Waals surface area contributed by atoms with E-state index < -0.39 is 11.9 Å². The van der Waals surface area contributed by atoms with Gasteiger partial charge in [0.1, 0.15) is 0 Å². The topological polar surface area (TPSA) is 74.2 Å². The van der Waals surface area contributed by atoms with Crippen molar-refractivity contribution in [3.05, 3.63) is 99.7 Å². The molecule has 0 bridgehead atoms. The average molecular weight is 448 g/mol. The highest BCUT2D eigenvalue weighted by atomic mass is 35.5. The number of rotatable bonds is 5. The molecule has 0 saturated heterocycles. The van der Waals surface area contributed by atoms with Crippen LogP contribution >= 0.6 is 11.6 Å². The molecule has 0 aromatic heterocycles. The summed E-state index contributed by atoms with van der Waals surface area (Å²) >= 11 is 6.38. The van der Waals surface area contributed by atoms with Crippen molar-refractivity contribution in [3.63, 3.8) is 0 Å². The number of carbonyl (C=O) groups excluding carboxylic acids is 2. The van der Waals surface area contributed by atoms with E-state index in [1.54, 1.807) is 42.5 Å². The molecule has 1 aliphatic heterocycles. The van der Waals surface area contributed by atoms with E-state index in [2.05, 4.69) is 4.99 Å². The zero-order valence-corrected chi connectivity index (χ0v) is 18.1. The lowest BCUT2D eigenvalue weighted by atomic mass is 10.1. The molecule has 0 aliphatic carbocycles. The van der Waals surface area contributed by atoms with Crippen LogP contribution in [0.2, 0.25) is 5.02 Å². The molecule has 0 radical (unpaired) electrons. The van der Waals surface area contributed by atoms with Gasteiger partial charge in [-0.1, -0.05) is 47.5 Å². The number of halogens is 1. The third-order valence-corrected chi connectivity index (χ3v) is 4.93. The molecule has 0 atom stereocenters. The van der Waals surface area contributed by atoms with Crippen molar-refractivity contribution in [2.75, 3.05) is 7.11 Å². The molecule has 3 aromatic rings. The number of ether oxygens (including phenoxy) is 3. The van der Waals surface area contributed by atoms with Crippen LogP contribution in [0.5, 0.6) is 11.5 Å². The van der Waals surface area contributed by atoms with Crippen LogP contribution in [0.4, 0.5) is 0 Å². The maximum Gasteiger partial charge on any atom is 0.363 e. The van der Waals surface area contributed by atoms with E-state index in [1.165, 1.54) is 13.2 Å². The molecule has 4 rings (SSSR count). The highest BCUT2D eigenvalue weighted by Crippen LogP contribution is 2.38. The normalized spacial score (nSPS) is 14.2. The second-order valence-corrected chi connectivity index (χ2v) is 7.40. The van der Waals surface area contributed by atoms with Gasteiger partial charge in [0.2, 0.25) is 5.90 Å². The largest absolute Gasteiger partial charge is 0.493 e. The van der Waals surface area contributed by atoms with E-state index in [-0.39, 0.29) is 28.1 Å². The van der Waals surface area contributed by atoms with E-state index >= 15 is 0 Å². The van der Waals surface area contributed by atoms with Crippen LogP contribution in [0, 0.1) is 6.92 Å². The Bertz CT molecular complexity index is 1260. The summed E-state index contributed by atoms with van der Waals surface area (Å²) in [6.07, 6.45) is 1.53. The molecule has 32 heavy (non-hydrogen) atoms. The van der Waals surface area contributed by atoms with Gasteiger partial charge in [-0.25, -0.2) is 14.6 Å². The molecule has 3 aromatic carbocycles. The number of hydrogen-bond donors (Lipinski definition) is 0. The van der Waals surface area contributed by atoms with Gasteiger partial charge < -0.3 is 14.2 Å². The van der Waals surface area contributed by atoms with E-state index in [0.717, 1.165) is 5.56 Å². The smallest absolute Gasteiger partial charge is 0.363 e. The minimum absolute atomic E-state index is 0.0882. The quantitative estimate of drug-likeness (QED) is 0.304. The first-order chi connectivity index (χ1) is 15.4. The first kappa shape index (κ1) is 21.3. The van der Waals surface area contributed by atoms with Crippen LogP contribution in [-0.4, -0.2) is 24.9 Å². The van der Waals surface area contributed by atoms with E-state index in [0.29, 0.717) is 16.7 Å². The number of hydrogen-bond acceptors (Lipinski definition) is 6. The molecule has 1 heterocycles. The molecule has 0 N–H and O–H groups in total. The van der Waals surface area contributed by atoms with Gasteiger partial charge in [-0.3, -0.25) is 0 Å². The standard InChI is InChI=1S/C25H18ClNO5/c1-15-7-6-10-18(11-15)24(28)31-22-19(26)12-16(14-21(22)30-2)13-20-25(29)32-23(27-20)17-8-4-3-5-9-17/h3-14H,1-2H3/b20-13-. The van der Waals surface area contributed by atoms with Crippen molar-refractivity contribution in [3.8, 4) is 11.5 Å². The fourth-order valence-corrected chi connectivity index (χ4v) is 3.37. The summed E-state index contributed by atoms with van der Waals surface area (Å²) in [5, 5.41) is 0.149. The minimum atomic E-state index is -0.575. The van der Waals surface area contributed by atoms with Crippen LogP contribution in [0.15, 0.2) is 77.4 Å². The summed E-state index contributed by atoms with van der Waals surface area (Å²) in [4.78, 5) is 29.1. The maximum atomic E-state index is 12.5. The van der Waals surface area contributed by atoms with Crippen molar-refractivity contribution >= 4 is 35.5 Å². The predicted molar refractivity (Wildman–Crippen MR) is 121 cm³/mol. The van der Waals surface area contributed by atoms with Crippen LogP contribution in [0.25, 0.3) is 6.08 Å². The number of benzene rings is 3. The predicted octanol–water partition coefficient (Wildman–Crippen LogP) is 5.22. The van der Waals surface area contributed by atoms with E-state index in [9.17, 15) is 9.59 Å². The lowest BCUT2D eigenvalue weighted by Gasteiger charge is -2.12. The molecule has 0 fully saturated rings. The van der Waals surface area contributed by atoms with Crippen LogP contribution < -0.4 is 9.47 Å². The number of aliphatic imine (C=N–C) groups is 1. The van der Waals surface area contributed by atoms with Gasteiger partial charge in [-0.05, 0) is 55.0 Å². The van der Waals surface area contributed by atoms with Crippen LogP contribution in [-0.2, 0) is 9.53 Å². The number of carbonyl (C=O) groups is 2. The zero-order valence-electron chi connectivity index (χ0n) is 17.3. The Morgan fingerprint density at radius 2 is 1.84 bits per heavy atom. The van der Waals surface area contributed by atoms with Gasteiger partial charge >= 0.3 is 11.9 Å². The summed E-state index contributed by atoms with van der Waals surface area (Å²) < 4.78 is 16.1. The lowest BCUT2D eigenvalue weighted by Crippen LogP contribution is -2.10. The number of methoxy groups -OCH3 is 1. The molecule has 0 unspecified atom stereocenters.